The Labute approximate surface area is 153 Å². The van der Waals surface area contributed by atoms with Crippen LogP contribution in [-0.4, -0.2) is 20.5 Å². The van der Waals surface area contributed by atoms with Crippen molar-refractivity contribution in [3.8, 4) is 0 Å². The van der Waals surface area contributed by atoms with E-state index >= 15 is 0 Å². The summed E-state index contributed by atoms with van der Waals surface area (Å²) in [6.07, 6.45) is -6.55. The van der Waals surface area contributed by atoms with Crippen molar-refractivity contribution < 1.29 is 44.3 Å². The highest BCUT2D eigenvalue weighted by atomic mass is 19.3. The summed E-state index contributed by atoms with van der Waals surface area (Å²) >= 11 is 0. The maximum absolute atomic E-state index is 13.6. The minimum atomic E-state index is -3.32. The molecule has 0 saturated carbocycles. The number of carbonyl (C=O) groups is 1. The third kappa shape index (κ3) is 3.45. The lowest BCUT2D eigenvalue weighted by atomic mass is 10.2. The largest absolute Gasteiger partial charge is 0.315 e. The summed E-state index contributed by atoms with van der Waals surface area (Å²) in [5, 5.41) is 4.74. The zero-order valence-electron chi connectivity index (χ0n) is 13.5. The Kier molecular flexibility index (Phi) is 5.11. The van der Waals surface area contributed by atoms with E-state index in [1.165, 1.54) is 5.32 Å². The van der Waals surface area contributed by atoms with Gasteiger partial charge in [-0.15, -0.1) is 0 Å². The summed E-state index contributed by atoms with van der Waals surface area (Å²) in [5.74, 6) is -13.4. The zero-order chi connectivity index (χ0) is 21.6. The van der Waals surface area contributed by atoms with Crippen LogP contribution in [0.5, 0.6) is 0 Å². The van der Waals surface area contributed by atoms with Gasteiger partial charge in [-0.3, -0.25) is 4.79 Å². The van der Waals surface area contributed by atoms with Gasteiger partial charge in [0.05, 0.1) is 0 Å². The van der Waals surface area contributed by atoms with Crippen LogP contribution in [0.3, 0.4) is 0 Å². The molecule has 0 aliphatic carbocycles. The molecule has 154 valence electrons. The van der Waals surface area contributed by atoms with Crippen molar-refractivity contribution >= 4 is 17.2 Å². The third-order valence-electron chi connectivity index (χ3n) is 3.60. The Balaban J connectivity index is 2.06. The van der Waals surface area contributed by atoms with Crippen LogP contribution < -0.4 is 5.32 Å². The number of hydrogen-bond acceptors (Lipinski definition) is 3. The van der Waals surface area contributed by atoms with E-state index in [1.807, 2.05) is 0 Å². The summed E-state index contributed by atoms with van der Waals surface area (Å²) < 4.78 is 119. The molecule has 1 N–H and O–H groups in total. The van der Waals surface area contributed by atoms with Crippen LogP contribution in [0.1, 0.15) is 34.7 Å². The topological polar surface area (TPSA) is 59.3 Å². The first-order chi connectivity index (χ1) is 13.5. The number of rotatable bonds is 4. The molecule has 0 unspecified atom stereocenters. The minimum Gasteiger partial charge on any atom is -0.315 e. The summed E-state index contributed by atoms with van der Waals surface area (Å²) in [6, 6.07) is 0.945. The smallest absolute Gasteiger partial charge is 0.280 e. The van der Waals surface area contributed by atoms with Crippen LogP contribution in [-0.2, 0) is 0 Å². The van der Waals surface area contributed by atoms with Gasteiger partial charge in [-0.2, -0.15) is 5.10 Å². The van der Waals surface area contributed by atoms with Gasteiger partial charge >= 0.3 is 0 Å². The number of nitrogens with one attached hydrogen (secondary N) is 1. The number of fused-ring (bicyclic) bond motifs is 1. The number of amides is 1. The van der Waals surface area contributed by atoms with Crippen molar-refractivity contribution in [2.45, 2.75) is 12.9 Å². The predicted octanol–water partition coefficient (Wildman–Crippen LogP) is 4.55. The van der Waals surface area contributed by atoms with E-state index < -0.39 is 76.3 Å². The van der Waals surface area contributed by atoms with Crippen LogP contribution in [0.15, 0.2) is 12.1 Å². The fourth-order valence-electron chi connectivity index (χ4n) is 2.29. The van der Waals surface area contributed by atoms with Crippen LogP contribution >= 0.6 is 0 Å². The van der Waals surface area contributed by atoms with Crippen LogP contribution in [0.2, 0.25) is 0 Å². The molecule has 3 rings (SSSR count). The van der Waals surface area contributed by atoms with Gasteiger partial charge in [-0.05, 0) is 6.07 Å². The van der Waals surface area contributed by atoms with Gasteiger partial charge in [0.2, 0.25) is 5.82 Å². The first kappa shape index (κ1) is 20.4. The second-order valence-electron chi connectivity index (χ2n) is 5.41. The van der Waals surface area contributed by atoms with E-state index in [9.17, 15) is 44.3 Å². The quantitative estimate of drug-likeness (QED) is 0.377. The average Bonchev–Trinajstić information content (AvgIpc) is 3.11. The molecule has 0 fully saturated rings. The highest BCUT2D eigenvalue weighted by Crippen LogP contribution is 2.28. The van der Waals surface area contributed by atoms with Crippen molar-refractivity contribution in [3.63, 3.8) is 0 Å². The molecule has 3 aromatic rings. The molecule has 2 aromatic heterocycles. The fourth-order valence-corrected chi connectivity index (χ4v) is 2.29. The second kappa shape index (κ2) is 7.25. The lowest BCUT2D eigenvalue weighted by molar-refractivity contribution is 0.101. The molecule has 2 heterocycles. The molecule has 0 spiro atoms. The highest BCUT2D eigenvalue weighted by molar-refractivity contribution is 6.03. The Hall–Kier alpha value is -3.32. The number of alkyl halides is 4. The van der Waals surface area contributed by atoms with Gasteiger partial charge in [0.15, 0.2) is 34.6 Å². The van der Waals surface area contributed by atoms with E-state index in [0.717, 1.165) is 0 Å². The predicted molar refractivity (Wildman–Crippen MR) is 77.1 cm³/mol. The summed E-state index contributed by atoms with van der Waals surface area (Å²) in [5.41, 5.74) is -5.34. The monoisotopic (exact) mass is 428 g/mol. The van der Waals surface area contributed by atoms with Gasteiger partial charge in [0.1, 0.15) is 17.1 Å². The summed E-state index contributed by atoms with van der Waals surface area (Å²) in [7, 11) is 0. The van der Waals surface area contributed by atoms with E-state index in [0.29, 0.717) is 16.6 Å². The Morgan fingerprint density at radius 2 is 1.41 bits per heavy atom. The van der Waals surface area contributed by atoms with E-state index in [4.69, 9.17) is 0 Å². The van der Waals surface area contributed by atoms with Gasteiger partial charge in [-0.25, -0.2) is 49.0 Å². The zero-order valence-corrected chi connectivity index (χ0v) is 13.5. The first-order valence-electron chi connectivity index (χ1n) is 7.32. The molecule has 0 saturated heterocycles. The van der Waals surface area contributed by atoms with Gasteiger partial charge in [0.25, 0.3) is 18.8 Å². The normalized spacial score (nSPS) is 11.7. The first-order valence-corrected chi connectivity index (χ1v) is 7.32. The number of halogens is 9. The van der Waals surface area contributed by atoms with Crippen LogP contribution in [0.25, 0.3) is 5.65 Å². The fraction of sp³-hybridized carbons (Fsp3) is 0.133. The lowest BCUT2D eigenvalue weighted by Gasteiger charge is -2.08. The van der Waals surface area contributed by atoms with E-state index in [1.54, 1.807) is 0 Å². The minimum absolute atomic E-state index is 0.323. The Morgan fingerprint density at radius 3 is 1.93 bits per heavy atom. The van der Waals surface area contributed by atoms with E-state index in [-0.39, 0.29) is 0 Å². The van der Waals surface area contributed by atoms with E-state index in [2.05, 4.69) is 10.1 Å². The molecule has 0 atom stereocenters. The number of hydrogen-bond donors (Lipinski definition) is 1. The molecule has 0 aliphatic heterocycles. The molecule has 14 heteroatoms. The second-order valence-corrected chi connectivity index (χ2v) is 5.41. The third-order valence-corrected chi connectivity index (χ3v) is 3.60. The highest BCUT2D eigenvalue weighted by Gasteiger charge is 2.28. The maximum Gasteiger partial charge on any atom is 0.280 e. The summed E-state index contributed by atoms with van der Waals surface area (Å²) in [6.45, 7) is 0. The number of anilines is 1. The van der Waals surface area contributed by atoms with Gasteiger partial charge in [-0.1, -0.05) is 0 Å². The van der Waals surface area contributed by atoms with Crippen LogP contribution in [0.4, 0.5) is 45.2 Å². The van der Waals surface area contributed by atoms with Crippen molar-refractivity contribution in [1.29, 1.82) is 0 Å². The number of nitrogens with zero attached hydrogens (tertiary/aromatic N) is 3. The molecule has 0 bridgehead atoms. The number of carbonyl (C=O) groups excluding carboxylic acids is 1. The lowest BCUT2D eigenvalue weighted by Crippen LogP contribution is -2.17. The molecule has 0 radical (unpaired) electrons. The molecule has 29 heavy (non-hydrogen) atoms. The van der Waals surface area contributed by atoms with Crippen molar-refractivity contribution in [2.75, 3.05) is 5.32 Å². The molecule has 1 amide bonds. The Morgan fingerprint density at radius 1 is 0.862 bits per heavy atom. The molecule has 0 aliphatic rings. The number of benzene rings is 1. The van der Waals surface area contributed by atoms with Gasteiger partial charge < -0.3 is 5.32 Å². The van der Waals surface area contributed by atoms with Crippen LogP contribution in [0, 0.1) is 29.1 Å². The van der Waals surface area contributed by atoms with Gasteiger partial charge in [0, 0.05) is 6.07 Å². The molecular formula is C15H5F9N4O. The summed E-state index contributed by atoms with van der Waals surface area (Å²) in [4.78, 5) is 15.4. The molecule has 1 aromatic carbocycles. The SMILES string of the molecule is O=C(Nc1c(F)c(F)c(F)c(F)c1F)c1cc2nc(C(F)F)cc(C(F)F)n2n1. The molecule has 5 nitrogen and oxygen atoms in total. The molecular weight excluding hydrogens is 423 g/mol. The van der Waals surface area contributed by atoms with Crippen molar-refractivity contribution in [3.05, 3.63) is 58.3 Å². The maximum atomic E-state index is 13.6. The van der Waals surface area contributed by atoms with Crippen molar-refractivity contribution in [1.82, 2.24) is 14.6 Å². The Bertz CT molecular complexity index is 1100. The van der Waals surface area contributed by atoms with Crippen molar-refractivity contribution in [2.24, 2.45) is 0 Å². The average molecular weight is 428 g/mol. The number of aromatic nitrogens is 3. The standard InChI is InChI=1S/C15H5F9N4O/c16-7-8(17)10(19)12(11(20)9(7)18)26-15(29)4-2-6-25-3(13(21)22)1-5(14(23)24)28(6)27-4/h1-2,13-14H,(H,26,29).